The molecule has 11 heteroatoms. The van der Waals surface area contributed by atoms with Crippen LogP contribution in [0.2, 0.25) is 5.02 Å². The number of carbonyl (C=O) groups excluding carboxylic acids is 1. The van der Waals surface area contributed by atoms with Crippen molar-refractivity contribution in [3.05, 3.63) is 64.7 Å². The Morgan fingerprint density at radius 3 is 2.52 bits per heavy atom. The van der Waals surface area contributed by atoms with Crippen LogP contribution in [0.5, 0.6) is 0 Å². The molecule has 1 amide bonds. The van der Waals surface area contributed by atoms with Crippen molar-refractivity contribution in [1.29, 1.82) is 0 Å². The summed E-state index contributed by atoms with van der Waals surface area (Å²) in [6.45, 7) is 0.464. The third-order valence-corrected chi connectivity index (χ3v) is 7.64. The summed E-state index contributed by atoms with van der Waals surface area (Å²) in [6, 6.07) is 10.3. The molecule has 0 spiro atoms. The summed E-state index contributed by atoms with van der Waals surface area (Å²) in [4.78, 5) is 12.9. The van der Waals surface area contributed by atoms with E-state index in [1.54, 1.807) is 0 Å². The fourth-order valence-corrected chi connectivity index (χ4v) is 5.45. The molecule has 1 aliphatic rings. The normalized spacial score (nSPS) is 19.5. The van der Waals surface area contributed by atoms with Gasteiger partial charge in [-0.1, -0.05) is 29.8 Å². The Kier molecular flexibility index (Phi) is 8.04. The monoisotopic (exact) mass is 504 g/mol. The van der Waals surface area contributed by atoms with E-state index in [-0.39, 0.29) is 23.5 Å². The number of alkyl halides is 3. The molecule has 0 aromatic heterocycles. The lowest BCUT2D eigenvalue weighted by molar-refractivity contribution is -0.137. The summed E-state index contributed by atoms with van der Waals surface area (Å²) in [5, 5.41) is 3.11. The second-order valence-electron chi connectivity index (χ2n) is 7.75. The van der Waals surface area contributed by atoms with E-state index >= 15 is 0 Å². The van der Waals surface area contributed by atoms with Crippen LogP contribution >= 0.6 is 11.6 Å². The highest BCUT2D eigenvalue weighted by Crippen LogP contribution is 2.38. The van der Waals surface area contributed by atoms with E-state index in [2.05, 4.69) is 5.32 Å². The Hall–Kier alpha value is -2.14. The van der Waals surface area contributed by atoms with Crippen molar-refractivity contribution >= 4 is 27.5 Å². The van der Waals surface area contributed by atoms with Crippen LogP contribution < -0.4 is 5.32 Å². The second-order valence-corrected chi connectivity index (χ2v) is 10.1. The van der Waals surface area contributed by atoms with Gasteiger partial charge in [0, 0.05) is 44.3 Å². The van der Waals surface area contributed by atoms with Crippen molar-refractivity contribution in [3.8, 4) is 0 Å². The lowest BCUT2D eigenvalue weighted by atomic mass is 9.87. The number of carbonyl (C=O) groups is 1. The third kappa shape index (κ3) is 6.06. The molecule has 33 heavy (non-hydrogen) atoms. The first-order chi connectivity index (χ1) is 15.5. The first-order valence-corrected chi connectivity index (χ1v) is 12.1. The van der Waals surface area contributed by atoms with E-state index in [0.29, 0.717) is 24.6 Å². The topological polar surface area (TPSA) is 75.7 Å². The van der Waals surface area contributed by atoms with Crippen molar-refractivity contribution in [3.63, 3.8) is 0 Å². The predicted octanol–water partition coefficient (Wildman–Crippen LogP) is 3.92. The summed E-state index contributed by atoms with van der Waals surface area (Å²) < 4.78 is 72.2. The van der Waals surface area contributed by atoms with Gasteiger partial charge in [0.2, 0.25) is 15.9 Å². The van der Waals surface area contributed by atoms with Gasteiger partial charge in [-0.2, -0.15) is 17.5 Å². The zero-order valence-corrected chi connectivity index (χ0v) is 19.4. The maximum Gasteiger partial charge on any atom is 0.416 e. The molecular weight excluding hydrogens is 481 g/mol. The van der Waals surface area contributed by atoms with Crippen molar-refractivity contribution in [2.24, 2.45) is 5.92 Å². The molecule has 1 saturated heterocycles. The van der Waals surface area contributed by atoms with E-state index in [1.807, 2.05) is 0 Å². The van der Waals surface area contributed by atoms with Gasteiger partial charge in [-0.3, -0.25) is 4.79 Å². The zero-order valence-electron chi connectivity index (χ0n) is 17.8. The highest BCUT2D eigenvalue weighted by Gasteiger charge is 2.44. The molecule has 0 radical (unpaired) electrons. The van der Waals surface area contributed by atoms with Crippen LogP contribution in [0.15, 0.2) is 53.4 Å². The molecule has 0 aliphatic carbocycles. The highest BCUT2D eigenvalue weighted by atomic mass is 35.5. The van der Waals surface area contributed by atoms with Gasteiger partial charge in [-0.05, 0) is 42.3 Å². The van der Waals surface area contributed by atoms with Gasteiger partial charge in [0.1, 0.15) is 0 Å². The molecule has 0 saturated carbocycles. The summed E-state index contributed by atoms with van der Waals surface area (Å²) in [7, 11) is -2.45. The minimum Gasteiger partial charge on any atom is -0.385 e. The Morgan fingerprint density at radius 2 is 1.88 bits per heavy atom. The quantitative estimate of drug-likeness (QED) is 0.553. The fourth-order valence-electron chi connectivity index (χ4n) is 3.83. The smallest absolute Gasteiger partial charge is 0.385 e. The molecule has 1 N–H and O–H groups in total. The molecule has 2 aromatic rings. The number of ether oxygens (including phenoxy) is 1. The van der Waals surface area contributed by atoms with E-state index < -0.39 is 39.5 Å². The Morgan fingerprint density at radius 1 is 1.18 bits per heavy atom. The molecule has 1 aliphatic heterocycles. The van der Waals surface area contributed by atoms with Crippen LogP contribution in [0, 0.1) is 5.92 Å². The molecule has 6 nitrogen and oxygen atoms in total. The van der Waals surface area contributed by atoms with Crippen molar-refractivity contribution < 1.29 is 31.1 Å². The minimum atomic E-state index is -4.55. The van der Waals surface area contributed by atoms with Gasteiger partial charge in [-0.25, -0.2) is 8.42 Å². The lowest BCUT2D eigenvalue weighted by Gasteiger charge is -2.19. The number of hydrogen-bond donors (Lipinski definition) is 1. The van der Waals surface area contributed by atoms with Gasteiger partial charge >= 0.3 is 6.18 Å². The zero-order chi connectivity index (χ0) is 24.2. The van der Waals surface area contributed by atoms with Gasteiger partial charge in [-0.15, -0.1) is 0 Å². The van der Waals surface area contributed by atoms with Crippen LogP contribution in [0.25, 0.3) is 0 Å². The third-order valence-electron chi connectivity index (χ3n) is 5.54. The molecule has 1 fully saturated rings. The average Bonchev–Trinajstić information content (AvgIpc) is 3.23. The number of benzene rings is 2. The van der Waals surface area contributed by atoms with Gasteiger partial charge in [0.25, 0.3) is 0 Å². The van der Waals surface area contributed by atoms with Gasteiger partial charge < -0.3 is 10.1 Å². The van der Waals surface area contributed by atoms with Crippen molar-refractivity contribution in [1.82, 2.24) is 9.62 Å². The fraction of sp³-hybridized carbons (Fsp3) is 0.409. The van der Waals surface area contributed by atoms with E-state index in [0.717, 1.165) is 16.4 Å². The van der Waals surface area contributed by atoms with Crippen LogP contribution in [0.4, 0.5) is 13.2 Å². The molecule has 0 unspecified atom stereocenters. The number of rotatable bonds is 8. The molecule has 180 valence electrons. The maximum absolute atomic E-state index is 13.3. The van der Waals surface area contributed by atoms with Crippen molar-refractivity contribution in [2.75, 3.05) is 33.4 Å². The lowest BCUT2D eigenvalue weighted by Crippen LogP contribution is -2.36. The summed E-state index contributed by atoms with van der Waals surface area (Å²) >= 11 is 5.85. The van der Waals surface area contributed by atoms with Crippen LogP contribution in [0.3, 0.4) is 0 Å². The summed E-state index contributed by atoms with van der Waals surface area (Å²) in [5.41, 5.74) is -0.589. The molecule has 3 rings (SSSR count). The van der Waals surface area contributed by atoms with Crippen LogP contribution in [0.1, 0.15) is 23.5 Å². The molecular formula is C22H24ClF3N2O4S. The minimum absolute atomic E-state index is 0.00385. The standard InChI is InChI=1S/C22H24ClF3N2O4S/c1-32-11-3-10-27-21(29)20-14-28(33(30,31)18-8-6-17(23)7-9-18)13-19(20)15-4-2-5-16(12-15)22(24,25)26/h2,4-9,12,19-20H,3,10-11,13-14H2,1H3,(H,27,29)/t19-,20+/m0/s1. The summed E-state index contributed by atoms with van der Waals surface area (Å²) in [6.07, 6.45) is -4.00. The Balaban J connectivity index is 1.91. The Labute approximate surface area is 195 Å². The van der Waals surface area contributed by atoms with Gasteiger partial charge in [0.05, 0.1) is 16.4 Å². The summed E-state index contributed by atoms with van der Waals surface area (Å²) in [5.74, 6) is -2.00. The first kappa shape index (κ1) is 25.5. The molecule has 2 atom stereocenters. The number of nitrogens with zero attached hydrogens (tertiary/aromatic N) is 1. The second kappa shape index (κ2) is 10.4. The first-order valence-electron chi connectivity index (χ1n) is 10.2. The number of sulfonamides is 1. The molecule has 2 aromatic carbocycles. The molecule has 0 bridgehead atoms. The van der Waals surface area contributed by atoms with E-state index in [9.17, 15) is 26.4 Å². The van der Waals surface area contributed by atoms with E-state index in [4.69, 9.17) is 16.3 Å². The number of amides is 1. The SMILES string of the molecule is COCCCNC(=O)[C@@H]1CN(S(=O)(=O)c2ccc(Cl)cc2)C[C@H]1c1cccc(C(F)(F)F)c1. The van der Waals surface area contributed by atoms with E-state index in [1.165, 1.54) is 43.5 Å². The average molecular weight is 505 g/mol. The van der Waals surface area contributed by atoms with Gasteiger partial charge in [0.15, 0.2) is 0 Å². The van der Waals surface area contributed by atoms with Crippen molar-refractivity contribution in [2.45, 2.75) is 23.4 Å². The maximum atomic E-state index is 13.3. The largest absolute Gasteiger partial charge is 0.416 e. The highest BCUT2D eigenvalue weighted by molar-refractivity contribution is 7.89. The number of halogens is 4. The predicted molar refractivity (Wildman–Crippen MR) is 117 cm³/mol. The number of hydrogen-bond acceptors (Lipinski definition) is 4. The Bertz CT molecular complexity index is 1080. The number of nitrogens with one attached hydrogen (secondary N) is 1. The van der Waals surface area contributed by atoms with Crippen LogP contribution in [-0.2, 0) is 25.7 Å². The number of methoxy groups -OCH3 is 1. The van der Waals surface area contributed by atoms with Crippen LogP contribution in [-0.4, -0.2) is 52.0 Å². The molecule has 1 heterocycles.